The Labute approximate surface area is 112 Å². The molecule has 0 aliphatic heterocycles. The van der Waals surface area contributed by atoms with Gasteiger partial charge in [0.2, 0.25) is 0 Å². The summed E-state index contributed by atoms with van der Waals surface area (Å²) in [4.78, 5) is 22.6. The van der Waals surface area contributed by atoms with Gasteiger partial charge in [-0.05, 0) is 31.3 Å². The number of nitrogens with one attached hydrogen (secondary N) is 2. The van der Waals surface area contributed by atoms with Crippen molar-refractivity contribution in [1.82, 2.24) is 10.6 Å². The zero-order chi connectivity index (χ0) is 13.4. The van der Waals surface area contributed by atoms with Crippen LogP contribution in [0.25, 0.3) is 0 Å². The van der Waals surface area contributed by atoms with Gasteiger partial charge in [-0.25, -0.2) is 4.79 Å². The molecule has 1 aliphatic rings. The number of hydrogen-bond donors (Lipinski definition) is 3. The monoisotopic (exact) mass is 274 g/mol. The molecule has 18 heavy (non-hydrogen) atoms. The predicted molar refractivity (Wildman–Crippen MR) is 73.0 cm³/mol. The highest BCUT2D eigenvalue weighted by Gasteiger charge is 2.37. The number of carbonyl (C=O) groups excluding carboxylic acids is 1. The molecule has 104 valence electrons. The van der Waals surface area contributed by atoms with E-state index in [2.05, 4.69) is 10.6 Å². The van der Waals surface area contributed by atoms with Crippen molar-refractivity contribution < 1.29 is 14.7 Å². The highest BCUT2D eigenvalue weighted by Crippen LogP contribution is 2.32. The number of urea groups is 1. The minimum atomic E-state index is -0.848. The number of carbonyl (C=O) groups is 2. The molecule has 0 aromatic rings. The third-order valence-electron chi connectivity index (χ3n) is 3.24. The molecule has 0 aromatic carbocycles. The Morgan fingerprint density at radius 2 is 2.00 bits per heavy atom. The van der Waals surface area contributed by atoms with E-state index in [1.54, 1.807) is 11.8 Å². The molecule has 0 bridgehead atoms. The first-order chi connectivity index (χ1) is 8.58. The number of thioether (sulfide) groups is 1. The quantitative estimate of drug-likeness (QED) is 0.619. The van der Waals surface area contributed by atoms with Gasteiger partial charge in [0, 0.05) is 6.54 Å². The average molecular weight is 274 g/mol. The Hall–Kier alpha value is -0.910. The molecule has 1 aliphatic carbocycles. The van der Waals surface area contributed by atoms with E-state index in [1.165, 1.54) is 0 Å². The van der Waals surface area contributed by atoms with E-state index in [4.69, 9.17) is 5.11 Å². The summed E-state index contributed by atoms with van der Waals surface area (Å²) in [6.45, 7) is 0.635. The summed E-state index contributed by atoms with van der Waals surface area (Å²) in [5.74, 6) is 0.167. The lowest BCUT2D eigenvalue weighted by atomic mass is 9.93. The lowest BCUT2D eigenvalue weighted by Gasteiger charge is -2.28. The predicted octanol–water partition coefficient (Wildman–Crippen LogP) is 1.83. The average Bonchev–Trinajstić information content (AvgIpc) is 2.71. The molecule has 1 saturated carbocycles. The van der Waals surface area contributed by atoms with Crippen LogP contribution < -0.4 is 10.6 Å². The van der Waals surface area contributed by atoms with Crippen LogP contribution in [0.1, 0.15) is 38.5 Å². The topological polar surface area (TPSA) is 78.4 Å². The van der Waals surface area contributed by atoms with Gasteiger partial charge >= 0.3 is 12.0 Å². The number of aliphatic carboxylic acids is 1. The molecule has 2 amide bonds. The third kappa shape index (κ3) is 5.16. The van der Waals surface area contributed by atoms with Crippen LogP contribution in [0.15, 0.2) is 0 Å². The molecule has 0 atom stereocenters. The molecule has 0 aromatic heterocycles. The summed E-state index contributed by atoms with van der Waals surface area (Å²) in [5, 5.41) is 14.6. The lowest BCUT2D eigenvalue weighted by molar-refractivity contribution is -0.138. The van der Waals surface area contributed by atoms with E-state index in [-0.39, 0.29) is 12.5 Å². The van der Waals surface area contributed by atoms with Crippen LogP contribution in [0.4, 0.5) is 4.79 Å². The molecular weight excluding hydrogens is 252 g/mol. The van der Waals surface area contributed by atoms with Crippen LogP contribution in [-0.2, 0) is 4.79 Å². The maximum atomic E-state index is 11.7. The van der Waals surface area contributed by atoms with Gasteiger partial charge in [0.15, 0.2) is 0 Å². The fourth-order valence-electron chi connectivity index (χ4n) is 2.39. The third-order valence-corrected chi connectivity index (χ3v) is 3.94. The summed E-state index contributed by atoms with van der Waals surface area (Å²) in [6.07, 6.45) is 6.47. The van der Waals surface area contributed by atoms with E-state index in [0.717, 1.165) is 37.9 Å². The van der Waals surface area contributed by atoms with Crippen LogP contribution in [0.3, 0.4) is 0 Å². The van der Waals surface area contributed by atoms with Crippen molar-refractivity contribution in [2.75, 3.05) is 18.6 Å². The van der Waals surface area contributed by atoms with Crippen molar-refractivity contribution in [2.45, 2.75) is 44.1 Å². The Morgan fingerprint density at radius 1 is 1.33 bits per heavy atom. The number of carboxylic acid groups (broad SMARTS) is 1. The first kappa shape index (κ1) is 15.1. The number of amides is 2. The Bertz CT molecular complexity index is 291. The fourth-order valence-corrected chi connectivity index (χ4v) is 2.82. The lowest BCUT2D eigenvalue weighted by Crippen LogP contribution is -2.51. The zero-order valence-corrected chi connectivity index (χ0v) is 11.6. The Kier molecular flexibility index (Phi) is 6.32. The van der Waals surface area contributed by atoms with Crippen molar-refractivity contribution in [1.29, 1.82) is 0 Å². The van der Waals surface area contributed by atoms with Crippen molar-refractivity contribution in [2.24, 2.45) is 0 Å². The van der Waals surface area contributed by atoms with E-state index in [0.29, 0.717) is 6.54 Å². The van der Waals surface area contributed by atoms with Crippen LogP contribution in [0, 0.1) is 0 Å². The molecule has 0 heterocycles. The van der Waals surface area contributed by atoms with Crippen LogP contribution in [0.5, 0.6) is 0 Å². The summed E-state index contributed by atoms with van der Waals surface area (Å²) >= 11 is 1.74. The molecule has 0 saturated heterocycles. The summed E-state index contributed by atoms with van der Waals surface area (Å²) in [6, 6.07) is -0.237. The molecular formula is C12H22N2O3S. The van der Waals surface area contributed by atoms with E-state index in [1.807, 2.05) is 6.26 Å². The van der Waals surface area contributed by atoms with Crippen molar-refractivity contribution in [3.05, 3.63) is 0 Å². The van der Waals surface area contributed by atoms with Gasteiger partial charge in [0.05, 0.1) is 12.0 Å². The van der Waals surface area contributed by atoms with Gasteiger partial charge in [-0.2, -0.15) is 11.8 Å². The Balaban J connectivity index is 2.36. The number of carboxylic acids is 1. The van der Waals surface area contributed by atoms with Gasteiger partial charge in [0.25, 0.3) is 0 Å². The zero-order valence-electron chi connectivity index (χ0n) is 10.8. The van der Waals surface area contributed by atoms with Gasteiger partial charge < -0.3 is 15.7 Å². The largest absolute Gasteiger partial charge is 0.481 e. The minimum Gasteiger partial charge on any atom is -0.481 e. The summed E-state index contributed by atoms with van der Waals surface area (Å²) < 4.78 is 0. The fraction of sp³-hybridized carbons (Fsp3) is 0.833. The van der Waals surface area contributed by atoms with Crippen LogP contribution >= 0.6 is 11.8 Å². The molecule has 1 fully saturated rings. The summed E-state index contributed by atoms with van der Waals surface area (Å²) in [5.41, 5.74) is -0.532. The maximum Gasteiger partial charge on any atom is 0.315 e. The van der Waals surface area contributed by atoms with Crippen molar-refractivity contribution >= 4 is 23.8 Å². The number of rotatable bonds is 7. The second-order valence-electron chi connectivity index (χ2n) is 4.79. The molecule has 1 rings (SSSR count). The normalized spacial score (nSPS) is 17.4. The van der Waals surface area contributed by atoms with E-state index < -0.39 is 11.5 Å². The van der Waals surface area contributed by atoms with Crippen molar-refractivity contribution in [3.8, 4) is 0 Å². The second-order valence-corrected chi connectivity index (χ2v) is 5.77. The molecule has 5 nitrogen and oxygen atoms in total. The minimum absolute atomic E-state index is 0.0191. The highest BCUT2D eigenvalue weighted by molar-refractivity contribution is 7.98. The molecule has 0 unspecified atom stereocenters. The summed E-state index contributed by atoms with van der Waals surface area (Å²) in [7, 11) is 0. The van der Waals surface area contributed by atoms with Gasteiger partial charge in [-0.15, -0.1) is 0 Å². The van der Waals surface area contributed by atoms with Gasteiger partial charge in [0.1, 0.15) is 0 Å². The molecule has 6 heteroatoms. The molecule has 0 radical (unpaired) electrons. The van der Waals surface area contributed by atoms with Crippen molar-refractivity contribution in [3.63, 3.8) is 0 Å². The number of hydrogen-bond acceptors (Lipinski definition) is 3. The smallest absolute Gasteiger partial charge is 0.315 e. The van der Waals surface area contributed by atoms with Crippen LogP contribution in [0.2, 0.25) is 0 Å². The standard InChI is InChI=1S/C12H22N2O3S/c1-18-8-4-7-13-11(17)14-12(9-10(15)16)5-2-3-6-12/h2-9H2,1H3,(H,15,16)(H2,13,14,17). The first-order valence-electron chi connectivity index (χ1n) is 6.35. The maximum absolute atomic E-state index is 11.7. The first-order valence-corrected chi connectivity index (χ1v) is 7.74. The SMILES string of the molecule is CSCCCNC(=O)NC1(CC(=O)O)CCCC1. The molecule has 0 spiro atoms. The second kappa shape index (κ2) is 7.51. The van der Waals surface area contributed by atoms with E-state index in [9.17, 15) is 9.59 Å². The van der Waals surface area contributed by atoms with Gasteiger partial charge in [-0.1, -0.05) is 12.8 Å². The van der Waals surface area contributed by atoms with Gasteiger partial charge in [-0.3, -0.25) is 4.79 Å². The Morgan fingerprint density at radius 3 is 2.56 bits per heavy atom. The highest BCUT2D eigenvalue weighted by atomic mass is 32.2. The molecule has 3 N–H and O–H groups in total. The van der Waals surface area contributed by atoms with E-state index >= 15 is 0 Å². The van der Waals surface area contributed by atoms with Crippen LogP contribution in [-0.4, -0.2) is 41.2 Å².